The summed E-state index contributed by atoms with van der Waals surface area (Å²) < 4.78 is 69.3. The monoisotopic (exact) mass is 618 g/mol. The van der Waals surface area contributed by atoms with Gasteiger partial charge in [-0.1, -0.05) is 19.3 Å². The van der Waals surface area contributed by atoms with Gasteiger partial charge in [0.05, 0.1) is 33.9 Å². The maximum absolute atomic E-state index is 13.3. The van der Waals surface area contributed by atoms with Crippen molar-refractivity contribution in [1.82, 2.24) is 9.44 Å². The van der Waals surface area contributed by atoms with Crippen LogP contribution >= 0.6 is 0 Å². The van der Waals surface area contributed by atoms with Crippen LogP contribution in [0.1, 0.15) is 60.8 Å². The summed E-state index contributed by atoms with van der Waals surface area (Å²) in [4.78, 5) is 26.4. The first-order valence-corrected chi connectivity index (χ1v) is 15.6. The predicted octanol–water partition coefficient (Wildman–Crippen LogP) is 3.31. The molecule has 2 N–H and O–H groups in total. The zero-order chi connectivity index (χ0) is 30.3. The third kappa shape index (κ3) is 5.49. The summed E-state index contributed by atoms with van der Waals surface area (Å²) in [5.41, 5.74) is 1.83. The van der Waals surface area contributed by atoms with Gasteiger partial charge in [0, 0.05) is 23.4 Å². The number of esters is 1. The van der Waals surface area contributed by atoms with Gasteiger partial charge >= 0.3 is 22.3 Å². The number of carbonyl (C=O) groups excluding carboxylic acids is 2. The summed E-state index contributed by atoms with van der Waals surface area (Å²) in [6.45, 7) is -0.0393. The largest absolute Gasteiger partial charge is 0.493 e. The van der Waals surface area contributed by atoms with Crippen molar-refractivity contribution in [2.75, 3.05) is 34.7 Å². The minimum atomic E-state index is -4.18. The van der Waals surface area contributed by atoms with Crippen LogP contribution in [0.25, 0.3) is 0 Å². The Balaban J connectivity index is 1.38. The van der Waals surface area contributed by atoms with Crippen LogP contribution in [0, 0.1) is 11.8 Å². The molecule has 4 atom stereocenters. The van der Waals surface area contributed by atoms with Crippen molar-refractivity contribution in [2.45, 2.75) is 50.2 Å². The summed E-state index contributed by atoms with van der Waals surface area (Å²) >= 11 is 0. The molecule has 13 nitrogen and oxygen atoms in total. The SMILES string of the molecule is COc1cc([C@@H]2c3cc4c(cc3[C@H](OC(=O)NS(=O)(=O)NC3CCCCC3)[C@H]3COC(=O)[C@H]23)OCO4)cc(OC)c1OC. The van der Waals surface area contributed by atoms with Crippen molar-refractivity contribution < 1.29 is 51.2 Å². The van der Waals surface area contributed by atoms with Crippen LogP contribution in [0.4, 0.5) is 4.79 Å². The lowest BCUT2D eigenvalue weighted by Crippen LogP contribution is -2.46. The molecule has 2 aliphatic carbocycles. The molecular weight excluding hydrogens is 584 g/mol. The van der Waals surface area contributed by atoms with Crippen molar-refractivity contribution in [3.63, 3.8) is 0 Å². The van der Waals surface area contributed by atoms with E-state index in [2.05, 4.69) is 4.72 Å². The van der Waals surface area contributed by atoms with E-state index in [0.717, 1.165) is 19.3 Å². The zero-order valence-electron chi connectivity index (χ0n) is 24.0. The summed E-state index contributed by atoms with van der Waals surface area (Å²) in [7, 11) is 0.315. The van der Waals surface area contributed by atoms with Gasteiger partial charge in [0.15, 0.2) is 23.0 Å². The molecule has 14 heteroatoms. The van der Waals surface area contributed by atoms with Crippen LogP contribution in [0.5, 0.6) is 28.7 Å². The van der Waals surface area contributed by atoms with E-state index in [4.69, 9.17) is 33.2 Å². The molecule has 2 aromatic rings. The summed E-state index contributed by atoms with van der Waals surface area (Å²) in [6.07, 6.45) is 2.08. The van der Waals surface area contributed by atoms with E-state index in [1.165, 1.54) is 21.3 Å². The number of ether oxygens (including phenoxy) is 7. The number of fused-ring (bicyclic) bond motifs is 3. The van der Waals surface area contributed by atoms with Crippen molar-refractivity contribution in [1.29, 1.82) is 0 Å². The first-order valence-electron chi connectivity index (χ1n) is 14.1. The number of nitrogens with one attached hydrogen (secondary N) is 2. The number of hydrogen-bond acceptors (Lipinski definition) is 11. The summed E-state index contributed by atoms with van der Waals surface area (Å²) in [5.74, 6) is -0.400. The van der Waals surface area contributed by atoms with Crippen molar-refractivity contribution >= 4 is 22.3 Å². The topological polar surface area (TPSA) is 157 Å². The number of rotatable bonds is 8. The minimum absolute atomic E-state index is 0.000929. The first-order chi connectivity index (χ1) is 20.7. The molecule has 0 spiro atoms. The lowest BCUT2D eigenvalue weighted by molar-refractivity contribution is -0.141. The van der Waals surface area contributed by atoms with E-state index >= 15 is 0 Å². The maximum atomic E-state index is 13.3. The highest BCUT2D eigenvalue weighted by molar-refractivity contribution is 7.88. The molecule has 2 aliphatic heterocycles. The molecule has 1 saturated carbocycles. The van der Waals surface area contributed by atoms with Crippen LogP contribution in [-0.2, 0) is 24.5 Å². The molecule has 1 saturated heterocycles. The molecule has 2 fully saturated rings. The highest BCUT2D eigenvalue weighted by Gasteiger charge is 2.54. The molecule has 232 valence electrons. The number of methoxy groups -OCH3 is 3. The quantitative estimate of drug-likeness (QED) is 0.418. The van der Waals surface area contributed by atoms with Gasteiger partial charge in [0.2, 0.25) is 12.5 Å². The second kappa shape index (κ2) is 11.6. The third-order valence-corrected chi connectivity index (χ3v) is 9.62. The molecule has 6 rings (SSSR count). The minimum Gasteiger partial charge on any atom is -0.493 e. The van der Waals surface area contributed by atoms with Gasteiger partial charge in [0.25, 0.3) is 0 Å². The van der Waals surface area contributed by atoms with Crippen LogP contribution < -0.4 is 33.1 Å². The fourth-order valence-corrected chi connectivity index (χ4v) is 7.66. The van der Waals surface area contributed by atoms with Crippen LogP contribution in [0.3, 0.4) is 0 Å². The summed E-state index contributed by atoms with van der Waals surface area (Å²) in [5, 5.41) is 0. The smallest absolute Gasteiger partial charge is 0.422 e. The second-order valence-corrected chi connectivity index (χ2v) is 12.4. The Hall–Kier alpha value is -3.91. The highest BCUT2D eigenvalue weighted by Crippen LogP contribution is 2.56. The molecule has 1 amide bonds. The molecule has 43 heavy (non-hydrogen) atoms. The number of benzene rings is 2. The lowest BCUT2D eigenvalue weighted by Gasteiger charge is -2.38. The van der Waals surface area contributed by atoms with Crippen molar-refractivity contribution in [2.24, 2.45) is 11.8 Å². The Morgan fingerprint density at radius 3 is 2.16 bits per heavy atom. The van der Waals surface area contributed by atoms with Crippen molar-refractivity contribution in [3.05, 3.63) is 41.0 Å². The molecular formula is C29H34N2O11S. The van der Waals surface area contributed by atoms with E-state index in [-0.39, 0.29) is 19.4 Å². The van der Waals surface area contributed by atoms with Crippen LogP contribution in [0.15, 0.2) is 24.3 Å². The molecule has 0 radical (unpaired) electrons. The average Bonchev–Trinajstić information content (AvgIpc) is 3.61. The lowest BCUT2D eigenvalue weighted by atomic mass is 9.66. The molecule has 0 unspecified atom stereocenters. The average molecular weight is 619 g/mol. The zero-order valence-corrected chi connectivity index (χ0v) is 24.9. The number of hydrogen-bond donors (Lipinski definition) is 2. The van der Waals surface area contributed by atoms with E-state index in [1.54, 1.807) is 24.3 Å². The molecule has 4 aliphatic rings. The normalized spacial score (nSPS) is 24.4. The van der Waals surface area contributed by atoms with Crippen LogP contribution in [0.2, 0.25) is 0 Å². The second-order valence-electron chi connectivity index (χ2n) is 11.0. The molecule has 2 aromatic carbocycles. The molecule has 2 heterocycles. The Kier molecular flexibility index (Phi) is 7.90. The fraction of sp³-hybridized carbons (Fsp3) is 0.517. The van der Waals surface area contributed by atoms with Gasteiger partial charge in [-0.3, -0.25) is 4.79 Å². The highest BCUT2D eigenvalue weighted by atomic mass is 32.2. The Morgan fingerprint density at radius 2 is 1.53 bits per heavy atom. The molecule has 0 aromatic heterocycles. The predicted molar refractivity (Wildman–Crippen MR) is 150 cm³/mol. The van der Waals surface area contributed by atoms with Gasteiger partial charge in [-0.2, -0.15) is 13.1 Å². The first kappa shape index (κ1) is 29.2. The van der Waals surface area contributed by atoms with E-state index < -0.39 is 46.1 Å². The standard InChI is InChI=1S/C29H34N2O11S/c1-36-22-9-15(10-23(37-2)27(22)38-3)24-17-11-20-21(41-14-40-20)12-18(17)26(19-13-39-28(32)25(19)24)42-29(33)31-43(34,35)30-16-7-5-4-6-8-16/h9-12,16,19,24-26,30H,4-8,13-14H2,1-3H3,(H,31,33)/t19-,24+,25-,26-/m0/s1. The van der Waals surface area contributed by atoms with Gasteiger partial charge < -0.3 is 33.2 Å². The van der Waals surface area contributed by atoms with Gasteiger partial charge in [-0.15, -0.1) is 0 Å². The Bertz CT molecular complexity index is 1500. The number of carbonyl (C=O) groups is 2. The molecule has 0 bridgehead atoms. The maximum Gasteiger partial charge on any atom is 0.422 e. The Labute approximate surface area is 249 Å². The third-order valence-electron chi connectivity index (χ3n) is 8.54. The van der Waals surface area contributed by atoms with E-state index in [9.17, 15) is 18.0 Å². The number of amides is 1. The summed E-state index contributed by atoms with van der Waals surface area (Å²) in [6, 6.07) is 6.73. The van der Waals surface area contributed by atoms with Crippen LogP contribution in [-0.4, -0.2) is 61.3 Å². The number of cyclic esters (lactones) is 1. The van der Waals surface area contributed by atoms with E-state index in [0.29, 0.717) is 58.3 Å². The van der Waals surface area contributed by atoms with Gasteiger partial charge in [-0.25, -0.2) is 9.52 Å². The van der Waals surface area contributed by atoms with Gasteiger partial charge in [-0.05, 0) is 48.2 Å². The van der Waals surface area contributed by atoms with Gasteiger partial charge in [0.1, 0.15) is 6.10 Å². The van der Waals surface area contributed by atoms with Crippen molar-refractivity contribution in [3.8, 4) is 28.7 Å². The van der Waals surface area contributed by atoms with E-state index in [1.807, 2.05) is 4.72 Å². The Morgan fingerprint density at radius 1 is 0.884 bits per heavy atom. The fourth-order valence-electron chi connectivity index (χ4n) is 6.66.